The van der Waals surface area contributed by atoms with E-state index in [2.05, 4.69) is 34.3 Å². The summed E-state index contributed by atoms with van der Waals surface area (Å²) >= 11 is 0. The van der Waals surface area contributed by atoms with E-state index in [9.17, 15) is 8.42 Å². The van der Waals surface area contributed by atoms with E-state index >= 15 is 0 Å². The van der Waals surface area contributed by atoms with Crippen molar-refractivity contribution in [3.63, 3.8) is 0 Å². The second kappa shape index (κ2) is 7.72. The largest absolute Gasteiger partial charge is 0.372 e. The lowest BCUT2D eigenvalue weighted by atomic mass is 10.1. The number of nitrogens with one attached hydrogen (secondary N) is 2. The summed E-state index contributed by atoms with van der Waals surface area (Å²) in [6.45, 7) is 0.834. The van der Waals surface area contributed by atoms with E-state index < -0.39 is 10.2 Å². The van der Waals surface area contributed by atoms with Crippen LogP contribution in [-0.4, -0.2) is 43.0 Å². The highest BCUT2D eigenvalue weighted by molar-refractivity contribution is 7.90. The van der Waals surface area contributed by atoms with Crippen LogP contribution in [-0.2, 0) is 21.4 Å². The number of aromatic nitrogens is 1. The molecule has 2 fully saturated rings. The van der Waals surface area contributed by atoms with Crippen molar-refractivity contribution in [2.75, 3.05) is 23.1 Å². The van der Waals surface area contributed by atoms with Gasteiger partial charge in [-0.2, -0.15) is 12.7 Å². The summed E-state index contributed by atoms with van der Waals surface area (Å²) in [5.41, 5.74) is 4.11. The van der Waals surface area contributed by atoms with Gasteiger partial charge in [-0.25, -0.2) is 4.98 Å². The lowest BCUT2D eigenvalue weighted by Crippen LogP contribution is -2.47. The van der Waals surface area contributed by atoms with E-state index in [4.69, 9.17) is 9.72 Å². The second-order valence-electron chi connectivity index (χ2n) is 8.92. The fourth-order valence-corrected chi connectivity index (χ4v) is 6.42. The zero-order valence-electron chi connectivity index (χ0n) is 17.7. The van der Waals surface area contributed by atoms with Crippen LogP contribution in [0.15, 0.2) is 54.6 Å². The molecule has 3 aromatic rings. The van der Waals surface area contributed by atoms with Crippen LogP contribution in [0.3, 0.4) is 0 Å². The fraction of sp³-hybridized carbons (Fsp3) is 0.375. The van der Waals surface area contributed by atoms with Crippen LogP contribution in [0.1, 0.15) is 36.4 Å². The van der Waals surface area contributed by atoms with E-state index in [1.54, 1.807) is 6.07 Å². The third-order valence-electron chi connectivity index (χ3n) is 6.74. The van der Waals surface area contributed by atoms with Gasteiger partial charge in [-0.1, -0.05) is 24.3 Å². The number of morpholine rings is 1. The third-order valence-corrected chi connectivity index (χ3v) is 8.21. The molecule has 2 bridgehead atoms. The molecule has 6 rings (SSSR count). The highest BCUT2D eigenvalue weighted by Crippen LogP contribution is 2.34. The predicted molar refractivity (Wildman–Crippen MR) is 125 cm³/mol. The number of pyridine rings is 1. The first-order valence-electron chi connectivity index (χ1n) is 11.2. The van der Waals surface area contributed by atoms with Crippen molar-refractivity contribution in [1.82, 2.24) is 9.29 Å². The molecule has 3 aliphatic rings. The molecule has 2 saturated heterocycles. The molecule has 1 aromatic heterocycles. The van der Waals surface area contributed by atoms with Gasteiger partial charge < -0.3 is 10.1 Å². The van der Waals surface area contributed by atoms with Crippen molar-refractivity contribution >= 4 is 32.6 Å². The van der Waals surface area contributed by atoms with Crippen LogP contribution in [0.4, 0.5) is 11.5 Å². The van der Waals surface area contributed by atoms with Crippen molar-refractivity contribution in [1.29, 1.82) is 0 Å². The smallest absolute Gasteiger partial charge is 0.301 e. The quantitative estimate of drug-likeness (QED) is 0.617. The minimum Gasteiger partial charge on any atom is -0.372 e. The Balaban J connectivity index is 1.19. The molecule has 1 aliphatic carbocycles. The molecular weight excluding hydrogens is 424 g/mol. The minimum absolute atomic E-state index is 0.0175. The molecule has 7 nitrogen and oxygen atoms in total. The Morgan fingerprint density at radius 3 is 2.62 bits per heavy atom. The fourth-order valence-electron chi connectivity index (χ4n) is 5.14. The van der Waals surface area contributed by atoms with Gasteiger partial charge in [0, 0.05) is 18.5 Å². The Kier molecular flexibility index (Phi) is 4.82. The third kappa shape index (κ3) is 3.72. The maximum absolute atomic E-state index is 12.9. The van der Waals surface area contributed by atoms with Crippen LogP contribution in [0, 0.1) is 0 Å². The lowest BCUT2D eigenvalue weighted by molar-refractivity contribution is -0.0112. The standard InChI is InChI=1S/C24H26N4O3S/c29-32(30,28-14-19-8-9-20(15-28)31-19)27-18-7-11-22-17(13-18)6-12-24(25-22)26-23-10-5-16-3-1-2-4-21(16)23/h1-4,6-7,11-13,19-20,23,27H,5,8-10,14-15H2,(H,25,26)/t19-,20+,23-/m1/s1. The van der Waals surface area contributed by atoms with Crippen molar-refractivity contribution in [2.24, 2.45) is 0 Å². The molecule has 8 heteroatoms. The second-order valence-corrected chi connectivity index (χ2v) is 10.6. The number of nitrogens with zero attached hydrogens (tertiary/aromatic N) is 2. The van der Waals surface area contributed by atoms with Crippen LogP contribution >= 0.6 is 0 Å². The summed E-state index contributed by atoms with van der Waals surface area (Å²) in [6, 6.07) is 18.2. The van der Waals surface area contributed by atoms with Crippen molar-refractivity contribution in [3.8, 4) is 0 Å². The number of fused-ring (bicyclic) bond motifs is 4. The minimum atomic E-state index is -3.61. The number of ether oxygens (including phenoxy) is 1. The first-order chi connectivity index (χ1) is 15.5. The summed E-state index contributed by atoms with van der Waals surface area (Å²) < 4.78 is 35.8. The monoisotopic (exact) mass is 450 g/mol. The van der Waals surface area contributed by atoms with Crippen LogP contribution in [0.2, 0.25) is 0 Å². The zero-order chi connectivity index (χ0) is 21.7. The van der Waals surface area contributed by atoms with E-state index in [1.807, 2.05) is 24.3 Å². The summed E-state index contributed by atoms with van der Waals surface area (Å²) in [5.74, 6) is 0.830. The Hall–Kier alpha value is -2.68. The van der Waals surface area contributed by atoms with Crippen molar-refractivity contribution in [2.45, 2.75) is 43.9 Å². The van der Waals surface area contributed by atoms with Crippen LogP contribution < -0.4 is 10.0 Å². The number of rotatable bonds is 5. The highest BCUT2D eigenvalue weighted by atomic mass is 32.2. The molecule has 0 saturated carbocycles. The maximum Gasteiger partial charge on any atom is 0.301 e. The number of aryl methyl sites for hydroxylation is 1. The molecule has 3 atom stereocenters. The number of hydrogen-bond acceptors (Lipinski definition) is 5. The van der Waals surface area contributed by atoms with Gasteiger partial charge >= 0.3 is 10.2 Å². The van der Waals surface area contributed by atoms with E-state index in [0.717, 1.165) is 42.4 Å². The Labute approximate surface area is 188 Å². The molecule has 0 spiro atoms. The number of anilines is 2. The summed E-state index contributed by atoms with van der Waals surface area (Å²) in [6.07, 6.45) is 4.04. The lowest BCUT2D eigenvalue weighted by Gasteiger charge is -2.31. The molecule has 3 heterocycles. The summed E-state index contributed by atoms with van der Waals surface area (Å²) in [7, 11) is -3.61. The van der Waals surface area contributed by atoms with Gasteiger partial charge in [0.15, 0.2) is 0 Å². The van der Waals surface area contributed by atoms with Crippen molar-refractivity contribution < 1.29 is 13.2 Å². The van der Waals surface area contributed by atoms with Gasteiger partial charge in [0.2, 0.25) is 0 Å². The predicted octanol–water partition coefficient (Wildman–Crippen LogP) is 3.85. The molecule has 0 unspecified atom stereocenters. The Bertz CT molecular complexity index is 1270. The molecule has 2 N–H and O–H groups in total. The summed E-state index contributed by atoms with van der Waals surface area (Å²) in [4.78, 5) is 4.75. The average Bonchev–Trinajstić information content (AvgIpc) is 3.35. The van der Waals surface area contributed by atoms with Gasteiger partial charge in [-0.3, -0.25) is 4.72 Å². The van der Waals surface area contributed by atoms with E-state index in [-0.39, 0.29) is 18.2 Å². The molecule has 166 valence electrons. The first kappa shape index (κ1) is 20.0. The highest BCUT2D eigenvalue weighted by Gasteiger charge is 2.38. The van der Waals surface area contributed by atoms with Crippen LogP contribution in [0.25, 0.3) is 10.9 Å². The van der Waals surface area contributed by atoms with Gasteiger partial charge in [-0.05, 0) is 67.1 Å². The normalized spacial score (nSPS) is 25.1. The van der Waals surface area contributed by atoms with E-state index in [0.29, 0.717) is 18.8 Å². The first-order valence-corrected chi connectivity index (χ1v) is 12.7. The average molecular weight is 451 g/mol. The summed E-state index contributed by atoms with van der Waals surface area (Å²) in [5, 5.41) is 4.45. The molecule has 2 aromatic carbocycles. The van der Waals surface area contributed by atoms with Crippen LogP contribution in [0.5, 0.6) is 0 Å². The van der Waals surface area contributed by atoms with Crippen molar-refractivity contribution in [3.05, 3.63) is 65.7 Å². The topological polar surface area (TPSA) is 83.6 Å². The Morgan fingerprint density at radius 1 is 0.969 bits per heavy atom. The maximum atomic E-state index is 12.9. The SMILES string of the molecule is O=S(=O)(Nc1ccc2nc(N[C@@H]3CCc4ccccc43)ccc2c1)N1C[C@H]2CC[C@@H](C1)O2. The molecule has 2 aliphatic heterocycles. The van der Waals surface area contributed by atoms with Gasteiger partial charge in [0.1, 0.15) is 5.82 Å². The Morgan fingerprint density at radius 2 is 1.78 bits per heavy atom. The van der Waals surface area contributed by atoms with Gasteiger partial charge in [-0.15, -0.1) is 0 Å². The van der Waals surface area contributed by atoms with Gasteiger partial charge in [0.05, 0.1) is 29.5 Å². The molecular formula is C24H26N4O3S. The molecule has 0 amide bonds. The molecule has 32 heavy (non-hydrogen) atoms. The number of hydrogen-bond donors (Lipinski definition) is 2. The van der Waals surface area contributed by atoms with Gasteiger partial charge in [0.25, 0.3) is 0 Å². The molecule has 0 radical (unpaired) electrons. The zero-order valence-corrected chi connectivity index (χ0v) is 18.5. The number of benzene rings is 2. The van der Waals surface area contributed by atoms with E-state index in [1.165, 1.54) is 15.4 Å².